The Hall–Kier alpha value is -1.43. The lowest BCUT2D eigenvalue weighted by molar-refractivity contribution is 0.372. The van der Waals surface area contributed by atoms with E-state index in [4.69, 9.17) is 0 Å². The first-order chi connectivity index (χ1) is 12.4. The van der Waals surface area contributed by atoms with Gasteiger partial charge in [0, 0.05) is 43.8 Å². The lowest BCUT2D eigenvalue weighted by Crippen LogP contribution is -2.36. The number of rotatable bonds is 11. The highest BCUT2D eigenvalue weighted by Gasteiger charge is 2.11. The van der Waals surface area contributed by atoms with Crippen molar-refractivity contribution in [1.82, 2.24) is 25.3 Å². The molecule has 1 saturated carbocycles. The Kier molecular flexibility index (Phi) is 7.74. The molecular formula is C20H33N5. The molecule has 0 aromatic carbocycles. The zero-order valence-corrected chi connectivity index (χ0v) is 15.3. The van der Waals surface area contributed by atoms with Gasteiger partial charge in [0.05, 0.1) is 0 Å². The van der Waals surface area contributed by atoms with Gasteiger partial charge < -0.3 is 20.4 Å². The molecule has 0 amide bonds. The number of unbranched alkanes of at least 4 members (excludes halogenated alkanes) is 1. The van der Waals surface area contributed by atoms with Crippen LogP contribution in [0.4, 0.5) is 0 Å². The Morgan fingerprint density at radius 1 is 0.960 bits per heavy atom. The first-order valence-electron chi connectivity index (χ1n) is 9.99. The number of aromatic nitrogens is 2. The average molecular weight is 344 g/mol. The van der Waals surface area contributed by atoms with E-state index in [1.165, 1.54) is 50.6 Å². The zero-order valence-electron chi connectivity index (χ0n) is 15.3. The lowest BCUT2D eigenvalue weighted by atomic mass is 9.95. The summed E-state index contributed by atoms with van der Waals surface area (Å²) in [6.45, 7) is 5.27. The fraction of sp³-hybridized carbons (Fsp3) is 0.650. The van der Waals surface area contributed by atoms with Crippen LogP contribution in [0.3, 0.4) is 0 Å². The topological polar surface area (TPSA) is 53.4 Å². The summed E-state index contributed by atoms with van der Waals surface area (Å²) in [5.41, 5.74) is 2.28. The summed E-state index contributed by atoms with van der Waals surface area (Å²) in [4.78, 5) is 4.32. The quantitative estimate of drug-likeness (QED) is 0.549. The molecule has 2 aromatic rings. The molecule has 0 unspecified atom stereocenters. The van der Waals surface area contributed by atoms with Crippen molar-refractivity contribution < 1.29 is 0 Å². The van der Waals surface area contributed by atoms with Crippen LogP contribution in [0.5, 0.6) is 0 Å². The van der Waals surface area contributed by atoms with Crippen LogP contribution in [-0.2, 0) is 6.54 Å². The summed E-state index contributed by atoms with van der Waals surface area (Å²) in [7, 11) is 0. The van der Waals surface area contributed by atoms with Gasteiger partial charge in [-0.1, -0.05) is 25.3 Å². The van der Waals surface area contributed by atoms with E-state index in [9.17, 15) is 0 Å². The van der Waals surface area contributed by atoms with Crippen LogP contribution >= 0.6 is 0 Å². The highest BCUT2D eigenvalue weighted by atomic mass is 15.0. The molecule has 3 rings (SSSR count). The molecule has 0 atom stereocenters. The largest absolute Gasteiger partial charge is 0.315 e. The molecule has 5 nitrogen and oxygen atoms in total. The van der Waals surface area contributed by atoms with Crippen LogP contribution in [0.15, 0.2) is 30.6 Å². The number of hydrogen-bond donors (Lipinski definition) is 3. The predicted octanol–water partition coefficient (Wildman–Crippen LogP) is 2.72. The Bertz CT molecular complexity index is 603. The van der Waals surface area contributed by atoms with Crippen molar-refractivity contribution in [2.75, 3.05) is 26.2 Å². The van der Waals surface area contributed by atoms with Gasteiger partial charge >= 0.3 is 0 Å². The zero-order chi connectivity index (χ0) is 17.2. The van der Waals surface area contributed by atoms with Gasteiger partial charge in [-0.15, -0.1) is 0 Å². The maximum atomic E-state index is 4.32. The second-order valence-corrected chi connectivity index (χ2v) is 7.10. The van der Waals surface area contributed by atoms with Gasteiger partial charge in [-0.3, -0.25) is 0 Å². The number of nitrogens with one attached hydrogen (secondary N) is 3. The molecule has 1 aliphatic carbocycles. The summed E-state index contributed by atoms with van der Waals surface area (Å²) >= 11 is 0. The molecule has 3 N–H and O–H groups in total. The fourth-order valence-corrected chi connectivity index (χ4v) is 3.66. The average Bonchev–Trinajstić information content (AvgIpc) is 3.13. The van der Waals surface area contributed by atoms with E-state index in [1.54, 1.807) is 0 Å². The van der Waals surface area contributed by atoms with E-state index in [2.05, 4.69) is 37.5 Å². The molecule has 138 valence electrons. The van der Waals surface area contributed by atoms with Crippen molar-refractivity contribution >= 4 is 5.65 Å². The van der Waals surface area contributed by atoms with Crippen LogP contribution < -0.4 is 16.0 Å². The van der Waals surface area contributed by atoms with Crippen LogP contribution in [0.1, 0.15) is 50.6 Å². The normalized spacial score (nSPS) is 15.8. The smallest absolute Gasteiger partial charge is 0.136 e. The molecule has 2 aromatic heterocycles. The minimum Gasteiger partial charge on any atom is -0.315 e. The number of pyridine rings is 1. The lowest BCUT2D eigenvalue weighted by Gasteiger charge is -2.22. The molecule has 5 heteroatoms. The Labute approximate surface area is 151 Å². The van der Waals surface area contributed by atoms with Crippen LogP contribution in [-0.4, -0.2) is 41.6 Å². The highest BCUT2D eigenvalue weighted by molar-refractivity contribution is 5.39. The SMILES string of the molecule is c1cc(CNCCCCNCCNC2CCCCC2)n2ccnc2c1. The van der Waals surface area contributed by atoms with E-state index in [-0.39, 0.29) is 0 Å². The molecule has 0 bridgehead atoms. The van der Waals surface area contributed by atoms with Gasteiger partial charge in [-0.25, -0.2) is 4.98 Å². The summed E-state index contributed by atoms with van der Waals surface area (Å²) in [6.07, 6.45) is 13.3. The molecular weight excluding hydrogens is 310 g/mol. The molecule has 25 heavy (non-hydrogen) atoms. The van der Waals surface area contributed by atoms with Crippen molar-refractivity contribution in [3.63, 3.8) is 0 Å². The second-order valence-electron chi connectivity index (χ2n) is 7.10. The van der Waals surface area contributed by atoms with Crippen LogP contribution in [0.25, 0.3) is 5.65 Å². The minimum atomic E-state index is 0.777. The second kappa shape index (κ2) is 10.5. The summed E-state index contributed by atoms with van der Waals surface area (Å²) < 4.78 is 2.15. The molecule has 1 fully saturated rings. The standard InChI is InChI=1S/C20H33N5/c1-2-7-18(8-3-1)23-14-13-21-11-4-5-12-22-17-19-9-6-10-20-24-15-16-25(19)20/h6,9-10,15-16,18,21-23H,1-5,7-8,11-14,17H2. The first kappa shape index (κ1) is 18.4. The number of imidazole rings is 1. The molecule has 0 spiro atoms. The number of hydrogen-bond acceptors (Lipinski definition) is 4. The molecule has 1 aliphatic rings. The van der Waals surface area contributed by atoms with Gasteiger partial charge in [0.15, 0.2) is 0 Å². The third kappa shape index (κ3) is 6.10. The van der Waals surface area contributed by atoms with E-state index >= 15 is 0 Å². The van der Waals surface area contributed by atoms with Gasteiger partial charge in [0.25, 0.3) is 0 Å². The summed E-state index contributed by atoms with van der Waals surface area (Å²) in [5.74, 6) is 0. The van der Waals surface area contributed by atoms with Gasteiger partial charge in [-0.05, 0) is 50.9 Å². The van der Waals surface area contributed by atoms with Crippen LogP contribution in [0, 0.1) is 0 Å². The molecule has 0 saturated heterocycles. The van der Waals surface area contributed by atoms with Gasteiger partial charge in [0.1, 0.15) is 5.65 Å². The number of nitrogens with zero attached hydrogens (tertiary/aromatic N) is 2. The highest BCUT2D eigenvalue weighted by Crippen LogP contribution is 2.16. The molecule has 0 aliphatic heterocycles. The fourth-order valence-electron chi connectivity index (χ4n) is 3.66. The number of fused-ring (bicyclic) bond motifs is 1. The monoisotopic (exact) mass is 343 g/mol. The summed E-state index contributed by atoms with van der Waals surface area (Å²) in [6, 6.07) is 7.05. The van der Waals surface area contributed by atoms with Crippen molar-refractivity contribution in [1.29, 1.82) is 0 Å². The first-order valence-corrected chi connectivity index (χ1v) is 9.99. The molecule has 2 heterocycles. The van der Waals surface area contributed by atoms with E-state index in [0.29, 0.717) is 0 Å². The van der Waals surface area contributed by atoms with Crippen LogP contribution in [0.2, 0.25) is 0 Å². The van der Waals surface area contributed by atoms with Crippen molar-refractivity contribution in [2.45, 2.75) is 57.5 Å². The van der Waals surface area contributed by atoms with Crippen molar-refractivity contribution in [3.05, 3.63) is 36.3 Å². The minimum absolute atomic E-state index is 0.777. The third-order valence-electron chi connectivity index (χ3n) is 5.12. The maximum Gasteiger partial charge on any atom is 0.136 e. The van der Waals surface area contributed by atoms with Crippen molar-refractivity contribution in [2.24, 2.45) is 0 Å². The third-order valence-corrected chi connectivity index (χ3v) is 5.12. The van der Waals surface area contributed by atoms with Gasteiger partial charge in [-0.2, -0.15) is 0 Å². The van der Waals surface area contributed by atoms with E-state index in [0.717, 1.165) is 44.4 Å². The summed E-state index contributed by atoms with van der Waals surface area (Å²) in [5, 5.41) is 10.8. The Morgan fingerprint density at radius 3 is 2.68 bits per heavy atom. The maximum absolute atomic E-state index is 4.32. The Morgan fingerprint density at radius 2 is 1.80 bits per heavy atom. The molecule has 0 radical (unpaired) electrons. The van der Waals surface area contributed by atoms with Crippen molar-refractivity contribution in [3.8, 4) is 0 Å². The van der Waals surface area contributed by atoms with Gasteiger partial charge in [0.2, 0.25) is 0 Å². The Balaban J connectivity index is 1.16. The van der Waals surface area contributed by atoms with E-state index in [1.807, 2.05) is 18.5 Å². The van der Waals surface area contributed by atoms with E-state index < -0.39 is 0 Å². The predicted molar refractivity (Wildman–Crippen MR) is 104 cm³/mol.